The van der Waals surface area contributed by atoms with Gasteiger partial charge in [-0.2, -0.15) is 0 Å². The molecule has 1 aliphatic heterocycles. The van der Waals surface area contributed by atoms with E-state index in [0.29, 0.717) is 11.5 Å². The molecular formula is C14H28O3S. The molecule has 1 rings (SSSR count). The minimum atomic E-state index is 0.318. The zero-order chi connectivity index (χ0) is 13.1. The number of epoxide rings is 1. The Labute approximate surface area is 116 Å². The zero-order valence-electron chi connectivity index (χ0n) is 11.9. The summed E-state index contributed by atoms with van der Waals surface area (Å²) in [7, 11) is 0. The van der Waals surface area contributed by atoms with Gasteiger partial charge >= 0.3 is 0 Å². The summed E-state index contributed by atoms with van der Waals surface area (Å²) < 4.78 is 16.3. The lowest BCUT2D eigenvalue weighted by atomic mass is 10.2. The Morgan fingerprint density at radius 2 is 2.06 bits per heavy atom. The minimum absolute atomic E-state index is 0.318. The number of rotatable bonds is 13. The molecule has 1 heterocycles. The summed E-state index contributed by atoms with van der Waals surface area (Å²) >= 11 is 1.88. The second kappa shape index (κ2) is 11.1. The second-order valence-electron chi connectivity index (χ2n) is 4.75. The molecule has 0 aromatic rings. The fourth-order valence-electron chi connectivity index (χ4n) is 1.62. The summed E-state index contributed by atoms with van der Waals surface area (Å²) in [6.07, 6.45) is 6.60. The lowest BCUT2D eigenvalue weighted by Crippen LogP contribution is -2.07. The van der Waals surface area contributed by atoms with Crippen molar-refractivity contribution in [1.29, 1.82) is 0 Å². The van der Waals surface area contributed by atoms with Crippen LogP contribution in [0.4, 0.5) is 0 Å². The molecule has 0 aliphatic carbocycles. The molecule has 1 aliphatic rings. The van der Waals surface area contributed by atoms with Gasteiger partial charge in [0.25, 0.3) is 0 Å². The van der Waals surface area contributed by atoms with E-state index in [2.05, 4.69) is 13.8 Å². The van der Waals surface area contributed by atoms with Gasteiger partial charge in [0.05, 0.1) is 18.6 Å². The summed E-state index contributed by atoms with van der Waals surface area (Å²) in [5.74, 6) is 1.11. The highest BCUT2D eigenvalue weighted by atomic mass is 32.2. The third-order valence-electron chi connectivity index (χ3n) is 2.84. The molecule has 0 aromatic carbocycles. The van der Waals surface area contributed by atoms with E-state index in [1.54, 1.807) is 0 Å². The number of ether oxygens (including phenoxy) is 3. The van der Waals surface area contributed by atoms with Gasteiger partial charge in [-0.1, -0.05) is 26.2 Å². The molecule has 4 heteroatoms. The largest absolute Gasteiger partial charge is 0.379 e. The summed E-state index contributed by atoms with van der Waals surface area (Å²) in [4.78, 5) is 0. The van der Waals surface area contributed by atoms with Gasteiger partial charge in [0, 0.05) is 13.2 Å². The van der Waals surface area contributed by atoms with Crippen molar-refractivity contribution in [2.24, 2.45) is 0 Å². The lowest BCUT2D eigenvalue weighted by Gasteiger charge is -2.12. The molecule has 0 bridgehead atoms. The van der Waals surface area contributed by atoms with Gasteiger partial charge in [-0.15, -0.1) is 11.8 Å². The van der Waals surface area contributed by atoms with Crippen molar-refractivity contribution in [1.82, 2.24) is 0 Å². The number of hydrogen-bond donors (Lipinski definition) is 0. The van der Waals surface area contributed by atoms with Crippen LogP contribution < -0.4 is 0 Å². The van der Waals surface area contributed by atoms with Gasteiger partial charge < -0.3 is 14.2 Å². The summed E-state index contributed by atoms with van der Waals surface area (Å²) in [6.45, 7) is 7.78. The maximum absolute atomic E-state index is 5.75. The van der Waals surface area contributed by atoms with Gasteiger partial charge in [0.15, 0.2) is 0 Å². The van der Waals surface area contributed by atoms with Gasteiger partial charge in [-0.25, -0.2) is 0 Å². The highest BCUT2D eigenvalue weighted by Gasteiger charge is 2.21. The summed E-state index contributed by atoms with van der Waals surface area (Å²) in [5, 5.41) is 0. The van der Waals surface area contributed by atoms with Crippen molar-refractivity contribution in [3.05, 3.63) is 0 Å². The van der Waals surface area contributed by atoms with E-state index in [1.165, 1.54) is 25.7 Å². The van der Waals surface area contributed by atoms with E-state index in [0.717, 1.165) is 38.6 Å². The van der Waals surface area contributed by atoms with Gasteiger partial charge in [-0.3, -0.25) is 0 Å². The molecule has 2 unspecified atom stereocenters. The van der Waals surface area contributed by atoms with Crippen LogP contribution in [-0.4, -0.2) is 43.7 Å². The maximum atomic E-state index is 5.75. The van der Waals surface area contributed by atoms with Crippen LogP contribution in [0, 0.1) is 0 Å². The van der Waals surface area contributed by atoms with Crippen molar-refractivity contribution in [3.8, 4) is 0 Å². The first-order chi connectivity index (χ1) is 8.83. The number of thioether (sulfide) groups is 1. The Morgan fingerprint density at radius 3 is 2.78 bits per heavy atom. The van der Waals surface area contributed by atoms with Crippen LogP contribution in [0.3, 0.4) is 0 Å². The predicted octanol–water partition coefficient (Wildman–Crippen LogP) is 3.47. The monoisotopic (exact) mass is 276 g/mol. The fourth-order valence-corrected chi connectivity index (χ4v) is 2.42. The van der Waals surface area contributed by atoms with Crippen LogP contribution in [0.15, 0.2) is 0 Å². The highest BCUT2D eigenvalue weighted by Crippen LogP contribution is 2.14. The van der Waals surface area contributed by atoms with Crippen molar-refractivity contribution in [2.75, 3.05) is 32.2 Å². The average Bonchev–Trinajstić information content (AvgIpc) is 3.17. The molecule has 0 radical (unpaired) electrons. The molecule has 18 heavy (non-hydrogen) atoms. The van der Waals surface area contributed by atoms with Crippen LogP contribution >= 0.6 is 11.8 Å². The Kier molecular flexibility index (Phi) is 10.0. The molecule has 0 amide bonds. The first-order valence-corrected chi connectivity index (χ1v) is 8.30. The van der Waals surface area contributed by atoms with E-state index < -0.39 is 0 Å². The third-order valence-corrected chi connectivity index (χ3v) is 3.97. The quantitative estimate of drug-likeness (QED) is 0.293. The van der Waals surface area contributed by atoms with E-state index in [9.17, 15) is 0 Å². The molecule has 108 valence electrons. The topological polar surface area (TPSA) is 31.0 Å². The zero-order valence-corrected chi connectivity index (χ0v) is 12.7. The van der Waals surface area contributed by atoms with E-state index in [-0.39, 0.29) is 0 Å². The third kappa shape index (κ3) is 10.2. The first-order valence-electron chi connectivity index (χ1n) is 7.25. The molecule has 1 saturated heterocycles. The standard InChI is InChI=1S/C14H28O3S/c1-3-4-5-6-9-16-13(2)18-10-7-8-15-11-14-12-17-14/h13-14H,3-12H2,1-2H3. The Bertz CT molecular complexity index is 186. The summed E-state index contributed by atoms with van der Waals surface area (Å²) in [5.41, 5.74) is 0.318. The van der Waals surface area contributed by atoms with Crippen LogP contribution in [0.25, 0.3) is 0 Å². The highest BCUT2D eigenvalue weighted by molar-refractivity contribution is 7.99. The van der Waals surface area contributed by atoms with Crippen LogP contribution in [0.1, 0.15) is 46.0 Å². The summed E-state index contributed by atoms with van der Waals surface area (Å²) in [6, 6.07) is 0. The molecule has 0 aromatic heterocycles. The maximum Gasteiger partial charge on any atom is 0.104 e. The van der Waals surface area contributed by atoms with E-state index >= 15 is 0 Å². The van der Waals surface area contributed by atoms with Crippen molar-refractivity contribution in [3.63, 3.8) is 0 Å². The lowest BCUT2D eigenvalue weighted by molar-refractivity contribution is 0.115. The molecule has 3 nitrogen and oxygen atoms in total. The van der Waals surface area contributed by atoms with E-state index in [1.807, 2.05) is 11.8 Å². The number of unbranched alkanes of at least 4 members (excludes halogenated alkanes) is 3. The van der Waals surface area contributed by atoms with Crippen LogP contribution in [0.5, 0.6) is 0 Å². The molecule has 1 fully saturated rings. The van der Waals surface area contributed by atoms with Crippen molar-refractivity contribution in [2.45, 2.75) is 57.5 Å². The van der Waals surface area contributed by atoms with Gasteiger partial charge in [0.2, 0.25) is 0 Å². The SMILES string of the molecule is CCCCCCOC(C)SCCCOCC1CO1. The molecular weight excluding hydrogens is 248 g/mol. The Morgan fingerprint density at radius 1 is 1.22 bits per heavy atom. The van der Waals surface area contributed by atoms with Crippen LogP contribution in [-0.2, 0) is 14.2 Å². The average molecular weight is 276 g/mol. The normalized spacial score (nSPS) is 20.0. The fraction of sp³-hybridized carbons (Fsp3) is 1.00. The molecule has 2 atom stereocenters. The van der Waals surface area contributed by atoms with E-state index in [4.69, 9.17) is 14.2 Å². The molecule has 0 N–H and O–H groups in total. The molecule has 0 saturated carbocycles. The van der Waals surface area contributed by atoms with Crippen molar-refractivity contribution >= 4 is 11.8 Å². The van der Waals surface area contributed by atoms with Gasteiger partial charge in [-0.05, 0) is 25.5 Å². The predicted molar refractivity (Wildman–Crippen MR) is 77.2 cm³/mol. The Balaban J connectivity index is 1.73. The smallest absolute Gasteiger partial charge is 0.104 e. The second-order valence-corrected chi connectivity index (χ2v) is 6.16. The van der Waals surface area contributed by atoms with Crippen LogP contribution in [0.2, 0.25) is 0 Å². The van der Waals surface area contributed by atoms with Crippen molar-refractivity contribution < 1.29 is 14.2 Å². The first kappa shape index (κ1) is 16.3. The van der Waals surface area contributed by atoms with Gasteiger partial charge in [0.1, 0.15) is 6.10 Å². The number of hydrogen-bond acceptors (Lipinski definition) is 4. The molecule has 0 spiro atoms. The minimum Gasteiger partial charge on any atom is -0.379 e. The Hall–Kier alpha value is 0.230.